The van der Waals surface area contributed by atoms with E-state index in [4.69, 9.17) is 0 Å². The number of hydrogen-bond acceptors (Lipinski definition) is 4. The molecule has 0 bridgehead atoms. The molecule has 6 heteroatoms. The highest BCUT2D eigenvalue weighted by Crippen LogP contribution is 2.24. The summed E-state index contributed by atoms with van der Waals surface area (Å²) in [6.07, 6.45) is 1.15. The van der Waals surface area contributed by atoms with Crippen molar-refractivity contribution in [3.05, 3.63) is 64.4 Å². The molecule has 0 N–H and O–H groups in total. The minimum atomic E-state index is -3.18. The molecule has 0 amide bonds. The first-order valence-corrected chi connectivity index (χ1v) is 9.66. The van der Waals surface area contributed by atoms with Crippen molar-refractivity contribution < 1.29 is 8.42 Å². The van der Waals surface area contributed by atoms with Crippen LogP contribution in [0.3, 0.4) is 0 Å². The Kier molecular flexibility index (Phi) is 4.24. The van der Waals surface area contributed by atoms with Crippen LogP contribution in [0.5, 0.6) is 0 Å². The van der Waals surface area contributed by atoms with E-state index >= 15 is 0 Å². The van der Waals surface area contributed by atoms with E-state index in [0.29, 0.717) is 11.1 Å². The molecule has 0 aliphatic heterocycles. The summed E-state index contributed by atoms with van der Waals surface area (Å²) in [6, 6.07) is 15.1. The Morgan fingerprint density at radius 1 is 1.00 bits per heavy atom. The molecule has 124 valence electrons. The monoisotopic (exact) mass is 342 g/mol. The van der Waals surface area contributed by atoms with E-state index in [1.54, 1.807) is 12.1 Å². The summed E-state index contributed by atoms with van der Waals surface area (Å²) in [5.41, 5.74) is 2.43. The lowest BCUT2D eigenvalue weighted by atomic mass is 10.0. The Hall–Kier alpha value is -2.47. The first-order valence-electron chi connectivity index (χ1n) is 7.60. The van der Waals surface area contributed by atoms with Crippen molar-refractivity contribution in [3.63, 3.8) is 0 Å². The molecule has 2 aromatic carbocycles. The Morgan fingerprint density at radius 2 is 1.62 bits per heavy atom. The van der Waals surface area contributed by atoms with Crippen LogP contribution in [0.15, 0.2) is 53.3 Å². The second kappa shape index (κ2) is 6.20. The predicted molar refractivity (Wildman–Crippen MR) is 95.9 cm³/mol. The first kappa shape index (κ1) is 16.4. The zero-order chi connectivity index (χ0) is 17.3. The predicted octanol–water partition coefficient (Wildman–Crippen LogP) is 2.42. The zero-order valence-corrected chi connectivity index (χ0v) is 14.4. The molecule has 1 heterocycles. The van der Waals surface area contributed by atoms with Crippen LogP contribution in [0, 0.1) is 6.92 Å². The highest BCUT2D eigenvalue weighted by Gasteiger charge is 2.13. The van der Waals surface area contributed by atoms with Crippen LogP contribution in [0.1, 0.15) is 5.56 Å². The maximum Gasteiger partial charge on any atom is 0.274 e. The van der Waals surface area contributed by atoms with E-state index in [1.807, 2.05) is 43.3 Å². The van der Waals surface area contributed by atoms with Crippen molar-refractivity contribution in [2.45, 2.75) is 13.5 Å². The van der Waals surface area contributed by atoms with Gasteiger partial charge in [-0.1, -0.05) is 48.0 Å². The van der Waals surface area contributed by atoms with Crippen LogP contribution in [-0.2, 0) is 16.4 Å². The fourth-order valence-corrected chi connectivity index (χ4v) is 3.07. The highest BCUT2D eigenvalue weighted by atomic mass is 32.2. The van der Waals surface area contributed by atoms with Crippen LogP contribution in [0.4, 0.5) is 0 Å². The first-order chi connectivity index (χ1) is 11.3. The van der Waals surface area contributed by atoms with Crippen molar-refractivity contribution in [2.24, 2.45) is 0 Å². The standard InChI is InChI=1S/C18H18N2O3S/c1-13-7-9-14(10-8-13)17-15-5-3-4-6-16(15)18(21)20(19-17)11-12-24(2,22)23/h3-10H,11-12H2,1-2H3. The molecule has 0 unspecified atom stereocenters. The lowest BCUT2D eigenvalue weighted by Crippen LogP contribution is -2.27. The number of fused-ring (bicyclic) bond motifs is 1. The largest absolute Gasteiger partial charge is 0.274 e. The van der Waals surface area contributed by atoms with Gasteiger partial charge < -0.3 is 0 Å². The molecule has 0 saturated heterocycles. The van der Waals surface area contributed by atoms with E-state index in [9.17, 15) is 13.2 Å². The molecule has 5 nitrogen and oxygen atoms in total. The molecule has 0 fully saturated rings. The lowest BCUT2D eigenvalue weighted by molar-refractivity contribution is 0.579. The molecule has 3 aromatic rings. The second-order valence-corrected chi connectivity index (χ2v) is 8.18. The maximum absolute atomic E-state index is 12.6. The van der Waals surface area contributed by atoms with Gasteiger partial charge in [-0.05, 0) is 13.0 Å². The van der Waals surface area contributed by atoms with Crippen LogP contribution >= 0.6 is 0 Å². The van der Waals surface area contributed by atoms with Gasteiger partial charge in [-0.25, -0.2) is 13.1 Å². The summed E-state index contributed by atoms with van der Waals surface area (Å²) >= 11 is 0. The van der Waals surface area contributed by atoms with Crippen molar-refractivity contribution in [2.75, 3.05) is 12.0 Å². The molecule has 0 saturated carbocycles. The smallest absolute Gasteiger partial charge is 0.267 e. The number of nitrogens with zero attached hydrogens (tertiary/aromatic N) is 2. The third-order valence-corrected chi connectivity index (χ3v) is 4.79. The lowest BCUT2D eigenvalue weighted by Gasteiger charge is -2.11. The number of sulfone groups is 1. The quantitative estimate of drug-likeness (QED) is 0.730. The summed E-state index contributed by atoms with van der Waals surface area (Å²) in [4.78, 5) is 12.6. The number of aromatic nitrogens is 2. The van der Waals surface area contributed by atoms with Gasteiger partial charge in [-0.2, -0.15) is 5.10 Å². The van der Waals surface area contributed by atoms with Gasteiger partial charge in [0.2, 0.25) is 0 Å². The van der Waals surface area contributed by atoms with Gasteiger partial charge >= 0.3 is 0 Å². The molecule has 0 spiro atoms. The summed E-state index contributed by atoms with van der Waals surface area (Å²) in [5.74, 6) is -0.119. The Morgan fingerprint density at radius 3 is 2.25 bits per heavy atom. The summed E-state index contributed by atoms with van der Waals surface area (Å²) in [5, 5.41) is 5.75. The SMILES string of the molecule is Cc1ccc(-c2nn(CCS(C)(=O)=O)c(=O)c3ccccc23)cc1. The Balaban J connectivity index is 2.22. The van der Waals surface area contributed by atoms with E-state index in [2.05, 4.69) is 5.10 Å². The van der Waals surface area contributed by atoms with Gasteiger partial charge in [0.25, 0.3) is 5.56 Å². The molecule has 3 rings (SSSR count). The number of benzene rings is 2. The van der Waals surface area contributed by atoms with Gasteiger partial charge in [0.05, 0.1) is 23.4 Å². The van der Waals surface area contributed by atoms with Crippen molar-refractivity contribution in [1.29, 1.82) is 0 Å². The summed E-state index contributed by atoms with van der Waals surface area (Å²) in [6.45, 7) is 2.05. The number of rotatable bonds is 4. The molecule has 1 aromatic heterocycles. The van der Waals surface area contributed by atoms with E-state index in [0.717, 1.165) is 22.8 Å². The Labute approximate surface area is 140 Å². The molecule has 0 radical (unpaired) electrons. The van der Waals surface area contributed by atoms with Gasteiger partial charge in [0, 0.05) is 17.2 Å². The molecule has 0 aliphatic carbocycles. The fraction of sp³-hybridized carbons (Fsp3) is 0.222. The molecular weight excluding hydrogens is 324 g/mol. The summed E-state index contributed by atoms with van der Waals surface area (Å²) in [7, 11) is -3.18. The van der Waals surface area contributed by atoms with Gasteiger partial charge in [-0.15, -0.1) is 0 Å². The normalized spacial score (nSPS) is 11.8. The van der Waals surface area contributed by atoms with Crippen molar-refractivity contribution in [1.82, 2.24) is 9.78 Å². The third-order valence-electron chi connectivity index (χ3n) is 3.87. The van der Waals surface area contributed by atoms with Gasteiger partial charge in [0.1, 0.15) is 9.84 Å². The minimum absolute atomic E-state index is 0.0430. The summed E-state index contributed by atoms with van der Waals surface area (Å²) < 4.78 is 24.1. The second-order valence-electron chi connectivity index (χ2n) is 5.92. The zero-order valence-electron chi connectivity index (χ0n) is 13.6. The van der Waals surface area contributed by atoms with E-state index in [-0.39, 0.29) is 17.9 Å². The molecular formula is C18H18N2O3S. The molecule has 0 atom stereocenters. The van der Waals surface area contributed by atoms with Crippen LogP contribution in [0.25, 0.3) is 22.0 Å². The molecule has 24 heavy (non-hydrogen) atoms. The average Bonchev–Trinajstić information content (AvgIpc) is 2.55. The van der Waals surface area contributed by atoms with E-state index in [1.165, 1.54) is 4.68 Å². The van der Waals surface area contributed by atoms with Crippen molar-refractivity contribution in [3.8, 4) is 11.3 Å². The Bertz CT molecular complexity index is 1050. The number of hydrogen-bond donors (Lipinski definition) is 0. The van der Waals surface area contributed by atoms with Gasteiger partial charge in [0.15, 0.2) is 0 Å². The average molecular weight is 342 g/mol. The van der Waals surface area contributed by atoms with Crippen LogP contribution < -0.4 is 5.56 Å². The molecule has 0 aliphatic rings. The van der Waals surface area contributed by atoms with Crippen LogP contribution in [0.2, 0.25) is 0 Å². The number of aryl methyl sites for hydroxylation is 2. The fourth-order valence-electron chi connectivity index (χ4n) is 2.56. The topological polar surface area (TPSA) is 69.0 Å². The van der Waals surface area contributed by atoms with Crippen molar-refractivity contribution >= 4 is 20.6 Å². The maximum atomic E-state index is 12.6. The van der Waals surface area contributed by atoms with Crippen LogP contribution in [-0.4, -0.2) is 30.2 Å². The van der Waals surface area contributed by atoms with E-state index < -0.39 is 9.84 Å². The highest BCUT2D eigenvalue weighted by molar-refractivity contribution is 7.90. The van der Waals surface area contributed by atoms with Gasteiger partial charge in [-0.3, -0.25) is 4.79 Å². The third kappa shape index (κ3) is 3.38. The minimum Gasteiger partial charge on any atom is -0.267 e.